The second-order valence-corrected chi connectivity index (χ2v) is 7.65. The van der Waals surface area contributed by atoms with Gasteiger partial charge in [-0.05, 0) is 18.1 Å². The van der Waals surface area contributed by atoms with Crippen molar-refractivity contribution >= 4 is 43.1 Å². The first-order chi connectivity index (χ1) is 8.53. The average molecular weight is 353 g/mol. The number of nitrogens with zero attached hydrogens (tertiary/aromatic N) is 1. The minimum absolute atomic E-state index is 0.208. The number of benzene rings is 1. The minimum atomic E-state index is -2.89. The monoisotopic (exact) mass is 351 g/mol. The SMILES string of the molecule is O=S1(=O)CCCN(c2c(Cl)cccc2CBr)CC1. The van der Waals surface area contributed by atoms with Crippen LogP contribution in [-0.4, -0.2) is 33.0 Å². The summed E-state index contributed by atoms with van der Waals surface area (Å²) in [6.07, 6.45) is 0.662. The van der Waals surface area contributed by atoms with E-state index in [2.05, 4.69) is 20.8 Å². The summed E-state index contributed by atoms with van der Waals surface area (Å²) in [5.74, 6) is 0.484. The largest absolute Gasteiger partial charge is 0.369 e. The molecule has 0 amide bonds. The third kappa shape index (κ3) is 3.19. The van der Waals surface area contributed by atoms with Crippen LogP contribution in [0, 0.1) is 0 Å². The van der Waals surface area contributed by atoms with Crippen LogP contribution in [0.15, 0.2) is 18.2 Å². The zero-order valence-corrected chi connectivity index (χ0v) is 13.1. The van der Waals surface area contributed by atoms with Crippen LogP contribution in [0.5, 0.6) is 0 Å². The Hall–Kier alpha value is -0.260. The summed E-state index contributed by atoms with van der Waals surface area (Å²) < 4.78 is 23.2. The highest BCUT2D eigenvalue weighted by Crippen LogP contribution is 2.32. The molecule has 0 aromatic heterocycles. The predicted octanol–water partition coefficient (Wildman–Crippen LogP) is 2.86. The van der Waals surface area contributed by atoms with Crippen molar-refractivity contribution in [1.29, 1.82) is 0 Å². The van der Waals surface area contributed by atoms with Crippen molar-refractivity contribution in [2.75, 3.05) is 29.5 Å². The molecule has 2 rings (SSSR count). The molecular weight excluding hydrogens is 338 g/mol. The van der Waals surface area contributed by atoms with Gasteiger partial charge in [0, 0.05) is 18.4 Å². The third-order valence-corrected chi connectivity index (χ3v) is 5.71. The van der Waals surface area contributed by atoms with E-state index < -0.39 is 9.84 Å². The van der Waals surface area contributed by atoms with Crippen molar-refractivity contribution in [3.63, 3.8) is 0 Å². The number of halogens is 2. The van der Waals surface area contributed by atoms with Gasteiger partial charge in [0.25, 0.3) is 0 Å². The van der Waals surface area contributed by atoms with Crippen molar-refractivity contribution < 1.29 is 8.42 Å². The Morgan fingerprint density at radius 1 is 1.28 bits per heavy atom. The Morgan fingerprint density at radius 2 is 2.06 bits per heavy atom. The van der Waals surface area contributed by atoms with Gasteiger partial charge in [-0.2, -0.15) is 0 Å². The van der Waals surface area contributed by atoms with Crippen LogP contribution in [-0.2, 0) is 15.2 Å². The molecule has 1 aliphatic heterocycles. The number of hydrogen-bond acceptors (Lipinski definition) is 3. The summed E-state index contributed by atoms with van der Waals surface area (Å²) in [6.45, 7) is 1.26. The fraction of sp³-hybridized carbons (Fsp3) is 0.500. The van der Waals surface area contributed by atoms with E-state index in [1.54, 1.807) is 0 Å². The van der Waals surface area contributed by atoms with Gasteiger partial charge >= 0.3 is 0 Å². The molecule has 0 unspecified atom stereocenters. The van der Waals surface area contributed by atoms with E-state index in [0.717, 1.165) is 17.8 Å². The maximum atomic E-state index is 11.6. The Balaban J connectivity index is 2.31. The van der Waals surface area contributed by atoms with Gasteiger partial charge in [0.05, 0.1) is 22.2 Å². The van der Waals surface area contributed by atoms with Crippen molar-refractivity contribution in [3.8, 4) is 0 Å². The molecule has 0 bridgehead atoms. The summed E-state index contributed by atoms with van der Waals surface area (Å²) >= 11 is 9.70. The molecule has 0 saturated carbocycles. The van der Waals surface area contributed by atoms with Gasteiger partial charge in [-0.3, -0.25) is 0 Å². The van der Waals surface area contributed by atoms with Gasteiger partial charge in [0.2, 0.25) is 0 Å². The fourth-order valence-electron chi connectivity index (χ4n) is 2.18. The lowest BCUT2D eigenvalue weighted by atomic mass is 10.1. The Kier molecular flexibility index (Phi) is 4.56. The topological polar surface area (TPSA) is 37.4 Å². The quantitative estimate of drug-likeness (QED) is 0.768. The molecule has 1 aliphatic rings. The zero-order valence-electron chi connectivity index (χ0n) is 9.90. The van der Waals surface area contributed by atoms with Gasteiger partial charge < -0.3 is 4.90 Å². The molecule has 0 radical (unpaired) electrons. The van der Waals surface area contributed by atoms with E-state index in [9.17, 15) is 8.42 Å². The Morgan fingerprint density at radius 3 is 2.78 bits per heavy atom. The first-order valence-corrected chi connectivity index (χ1v) is 9.14. The molecule has 1 heterocycles. The van der Waals surface area contributed by atoms with Crippen LogP contribution in [0.1, 0.15) is 12.0 Å². The van der Waals surface area contributed by atoms with Crippen LogP contribution >= 0.6 is 27.5 Å². The normalized spacial score (nSPS) is 19.6. The second-order valence-electron chi connectivity index (χ2n) is 4.37. The van der Waals surface area contributed by atoms with E-state index in [1.807, 2.05) is 18.2 Å². The molecule has 1 aromatic rings. The molecule has 18 heavy (non-hydrogen) atoms. The van der Waals surface area contributed by atoms with E-state index in [4.69, 9.17) is 11.6 Å². The van der Waals surface area contributed by atoms with Gasteiger partial charge in [-0.25, -0.2) is 8.42 Å². The molecule has 1 aromatic carbocycles. The van der Waals surface area contributed by atoms with E-state index in [0.29, 0.717) is 23.3 Å². The van der Waals surface area contributed by atoms with Crippen molar-refractivity contribution in [2.45, 2.75) is 11.8 Å². The molecule has 0 aliphatic carbocycles. The molecular formula is C12H15BrClNO2S. The Labute approximate surface area is 121 Å². The highest BCUT2D eigenvalue weighted by Gasteiger charge is 2.22. The Bertz CT molecular complexity index is 533. The lowest BCUT2D eigenvalue weighted by Gasteiger charge is -2.25. The lowest BCUT2D eigenvalue weighted by molar-refractivity contribution is 0.597. The maximum absolute atomic E-state index is 11.6. The van der Waals surface area contributed by atoms with Gasteiger partial charge in [-0.15, -0.1) is 0 Å². The van der Waals surface area contributed by atoms with Crippen molar-refractivity contribution in [3.05, 3.63) is 28.8 Å². The lowest BCUT2D eigenvalue weighted by Crippen LogP contribution is -2.27. The van der Waals surface area contributed by atoms with Crippen molar-refractivity contribution in [1.82, 2.24) is 0 Å². The first kappa shape index (κ1) is 14.2. The van der Waals surface area contributed by atoms with Crippen LogP contribution in [0.3, 0.4) is 0 Å². The summed E-state index contributed by atoms with van der Waals surface area (Å²) in [6, 6.07) is 5.77. The third-order valence-electron chi connectivity index (χ3n) is 3.09. The van der Waals surface area contributed by atoms with Crippen molar-refractivity contribution in [2.24, 2.45) is 0 Å². The average Bonchev–Trinajstić information content (AvgIpc) is 2.50. The number of alkyl halides is 1. The molecule has 0 spiro atoms. The molecule has 0 N–H and O–H groups in total. The molecule has 1 saturated heterocycles. The molecule has 100 valence electrons. The van der Waals surface area contributed by atoms with Gasteiger partial charge in [0.1, 0.15) is 0 Å². The standard InChI is InChI=1S/C12H15BrClNO2S/c13-9-10-3-1-4-11(14)12(10)15-5-2-7-18(16,17)8-6-15/h1,3-4H,2,5-9H2. The molecule has 3 nitrogen and oxygen atoms in total. The predicted molar refractivity (Wildman–Crippen MR) is 79.6 cm³/mol. The van der Waals surface area contributed by atoms with Gasteiger partial charge in [0.15, 0.2) is 9.84 Å². The smallest absolute Gasteiger partial charge is 0.152 e. The summed E-state index contributed by atoms with van der Waals surface area (Å²) in [5, 5.41) is 1.40. The maximum Gasteiger partial charge on any atom is 0.152 e. The highest BCUT2D eigenvalue weighted by atomic mass is 79.9. The summed E-state index contributed by atoms with van der Waals surface area (Å²) in [7, 11) is -2.89. The summed E-state index contributed by atoms with van der Waals surface area (Å²) in [5.41, 5.74) is 2.06. The van der Waals surface area contributed by atoms with E-state index in [1.165, 1.54) is 0 Å². The number of sulfone groups is 1. The van der Waals surface area contributed by atoms with Crippen LogP contribution in [0.2, 0.25) is 5.02 Å². The number of hydrogen-bond donors (Lipinski definition) is 0. The number of para-hydroxylation sites is 1. The fourth-order valence-corrected chi connectivity index (χ4v) is 4.22. The molecule has 6 heteroatoms. The van der Waals surface area contributed by atoms with Crippen LogP contribution < -0.4 is 4.90 Å². The van der Waals surface area contributed by atoms with E-state index >= 15 is 0 Å². The van der Waals surface area contributed by atoms with E-state index in [-0.39, 0.29) is 11.5 Å². The number of rotatable bonds is 2. The summed E-state index contributed by atoms with van der Waals surface area (Å²) in [4.78, 5) is 2.09. The second kappa shape index (κ2) is 5.80. The first-order valence-electron chi connectivity index (χ1n) is 5.82. The molecule has 1 fully saturated rings. The number of anilines is 1. The molecule has 0 atom stereocenters. The van der Waals surface area contributed by atoms with Crippen LogP contribution in [0.25, 0.3) is 0 Å². The zero-order chi connectivity index (χ0) is 13.2. The van der Waals surface area contributed by atoms with Crippen LogP contribution in [0.4, 0.5) is 5.69 Å². The van der Waals surface area contributed by atoms with Gasteiger partial charge in [-0.1, -0.05) is 39.7 Å². The minimum Gasteiger partial charge on any atom is -0.369 e. The highest BCUT2D eigenvalue weighted by molar-refractivity contribution is 9.08.